The summed E-state index contributed by atoms with van der Waals surface area (Å²) in [5, 5.41) is 14.2. The summed E-state index contributed by atoms with van der Waals surface area (Å²) in [6, 6.07) is 5.56. The molecule has 4 heteroatoms. The molecule has 20 heavy (non-hydrogen) atoms. The lowest BCUT2D eigenvalue weighted by molar-refractivity contribution is 0.406. The Bertz CT molecular complexity index is 584. The zero-order valence-corrected chi connectivity index (χ0v) is 11.8. The molecule has 1 aromatic heterocycles. The highest BCUT2D eigenvalue weighted by Gasteiger charge is 2.21. The van der Waals surface area contributed by atoms with E-state index in [1.54, 1.807) is 0 Å². The first-order chi connectivity index (χ1) is 9.75. The molecule has 0 aliphatic heterocycles. The van der Waals surface area contributed by atoms with Gasteiger partial charge in [-0.25, -0.2) is 0 Å². The van der Waals surface area contributed by atoms with Gasteiger partial charge < -0.3 is 9.63 Å². The van der Waals surface area contributed by atoms with E-state index in [0.717, 1.165) is 24.2 Å². The summed E-state index contributed by atoms with van der Waals surface area (Å²) in [6.45, 7) is 1.86. The lowest BCUT2D eigenvalue weighted by Crippen LogP contribution is -1.99. The van der Waals surface area contributed by atoms with Gasteiger partial charge in [-0.05, 0) is 31.4 Å². The van der Waals surface area contributed by atoms with Crippen LogP contribution in [0.15, 0.2) is 22.7 Å². The SMILES string of the molecule is Cc1cccc(-c2nc(C3CCCCCC3)no2)c1O. The summed E-state index contributed by atoms with van der Waals surface area (Å²) in [6.07, 6.45) is 7.37. The van der Waals surface area contributed by atoms with Crippen LogP contribution in [0.4, 0.5) is 0 Å². The predicted octanol–water partition coefficient (Wildman–Crippen LogP) is 4.19. The van der Waals surface area contributed by atoms with Gasteiger partial charge in [0.15, 0.2) is 5.82 Å². The third-order valence-corrected chi connectivity index (χ3v) is 4.13. The molecule has 1 fully saturated rings. The highest BCUT2D eigenvalue weighted by atomic mass is 16.5. The van der Waals surface area contributed by atoms with Crippen LogP contribution in [0.2, 0.25) is 0 Å². The van der Waals surface area contributed by atoms with Crippen molar-refractivity contribution in [3.63, 3.8) is 0 Å². The van der Waals surface area contributed by atoms with Gasteiger partial charge in [0, 0.05) is 5.92 Å². The summed E-state index contributed by atoms with van der Waals surface area (Å²) in [4.78, 5) is 4.51. The molecule has 0 amide bonds. The lowest BCUT2D eigenvalue weighted by atomic mass is 10.00. The van der Waals surface area contributed by atoms with E-state index in [-0.39, 0.29) is 5.75 Å². The Kier molecular flexibility index (Phi) is 3.72. The van der Waals surface area contributed by atoms with Crippen LogP contribution < -0.4 is 0 Å². The Morgan fingerprint density at radius 2 is 1.90 bits per heavy atom. The molecule has 1 N–H and O–H groups in total. The van der Waals surface area contributed by atoms with Crippen molar-refractivity contribution in [2.75, 3.05) is 0 Å². The fourth-order valence-corrected chi connectivity index (χ4v) is 2.88. The van der Waals surface area contributed by atoms with E-state index < -0.39 is 0 Å². The number of hydrogen-bond acceptors (Lipinski definition) is 4. The van der Waals surface area contributed by atoms with E-state index in [9.17, 15) is 5.11 Å². The van der Waals surface area contributed by atoms with Gasteiger partial charge in [-0.2, -0.15) is 4.98 Å². The summed E-state index contributed by atoms with van der Waals surface area (Å²) in [5.41, 5.74) is 1.44. The maximum Gasteiger partial charge on any atom is 0.261 e. The number of hydrogen-bond donors (Lipinski definition) is 1. The van der Waals surface area contributed by atoms with Crippen molar-refractivity contribution < 1.29 is 9.63 Å². The van der Waals surface area contributed by atoms with E-state index in [2.05, 4.69) is 10.1 Å². The fraction of sp³-hybridized carbons (Fsp3) is 0.500. The second-order valence-electron chi connectivity index (χ2n) is 5.62. The van der Waals surface area contributed by atoms with Crippen LogP contribution in [-0.4, -0.2) is 15.2 Å². The van der Waals surface area contributed by atoms with Crippen LogP contribution in [0.1, 0.15) is 55.8 Å². The molecule has 0 spiro atoms. The smallest absolute Gasteiger partial charge is 0.261 e. The Balaban J connectivity index is 1.87. The normalized spacial score (nSPS) is 17.1. The molecule has 0 bridgehead atoms. The Labute approximate surface area is 118 Å². The molecule has 1 aliphatic rings. The Morgan fingerprint density at radius 1 is 1.15 bits per heavy atom. The van der Waals surface area contributed by atoms with Crippen LogP contribution in [0.5, 0.6) is 5.75 Å². The zero-order chi connectivity index (χ0) is 13.9. The monoisotopic (exact) mass is 272 g/mol. The number of rotatable bonds is 2. The minimum atomic E-state index is 0.226. The maximum atomic E-state index is 10.1. The first-order valence-corrected chi connectivity index (χ1v) is 7.38. The van der Waals surface area contributed by atoms with Crippen molar-refractivity contribution >= 4 is 0 Å². The van der Waals surface area contributed by atoms with E-state index in [1.807, 2.05) is 25.1 Å². The molecule has 0 atom stereocenters. The molecule has 0 radical (unpaired) electrons. The molecule has 1 heterocycles. The number of benzene rings is 1. The van der Waals surface area contributed by atoms with Crippen LogP contribution >= 0.6 is 0 Å². The van der Waals surface area contributed by atoms with Gasteiger partial charge in [-0.15, -0.1) is 0 Å². The van der Waals surface area contributed by atoms with Crippen LogP contribution in [0, 0.1) is 6.92 Å². The minimum Gasteiger partial charge on any atom is -0.507 e. The third kappa shape index (κ3) is 2.55. The largest absolute Gasteiger partial charge is 0.507 e. The maximum absolute atomic E-state index is 10.1. The molecule has 3 rings (SSSR count). The standard InChI is InChI=1S/C16H20N2O2/c1-11-7-6-10-13(14(11)19)16-17-15(18-20-16)12-8-4-2-3-5-9-12/h6-7,10,12,19H,2-5,8-9H2,1H3. The van der Waals surface area contributed by atoms with Gasteiger partial charge in [0.2, 0.25) is 0 Å². The number of nitrogens with zero attached hydrogens (tertiary/aromatic N) is 2. The summed E-state index contributed by atoms with van der Waals surface area (Å²) < 4.78 is 5.36. The molecular formula is C16H20N2O2. The highest BCUT2D eigenvalue weighted by molar-refractivity contribution is 5.64. The number of para-hydroxylation sites is 1. The molecule has 0 saturated heterocycles. The number of aryl methyl sites for hydroxylation is 1. The van der Waals surface area contributed by atoms with Gasteiger partial charge in [0.1, 0.15) is 5.75 Å². The van der Waals surface area contributed by atoms with E-state index in [0.29, 0.717) is 17.4 Å². The zero-order valence-electron chi connectivity index (χ0n) is 11.8. The average molecular weight is 272 g/mol. The molecular weight excluding hydrogens is 252 g/mol. The molecule has 0 unspecified atom stereocenters. The minimum absolute atomic E-state index is 0.226. The first kappa shape index (κ1) is 13.2. The van der Waals surface area contributed by atoms with Crippen molar-refractivity contribution in [3.8, 4) is 17.2 Å². The second kappa shape index (κ2) is 5.65. The third-order valence-electron chi connectivity index (χ3n) is 4.13. The average Bonchev–Trinajstić information content (AvgIpc) is 2.77. The number of phenols is 1. The van der Waals surface area contributed by atoms with Crippen molar-refractivity contribution in [3.05, 3.63) is 29.6 Å². The number of aromatic nitrogens is 2. The quantitative estimate of drug-likeness (QED) is 0.833. The molecule has 1 saturated carbocycles. The summed E-state index contributed by atoms with van der Waals surface area (Å²) in [7, 11) is 0. The van der Waals surface area contributed by atoms with Gasteiger partial charge in [-0.3, -0.25) is 0 Å². The van der Waals surface area contributed by atoms with E-state index >= 15 is 0 Å². The molecule has 106 valence electrons. The molecule has 2 aromatic rings. The van der Waals surface area contributed by atoms with E-state index in [1.165, 1.54) is 25.7 Å². The summed E-state index contributed by atoms with van der Waals surface area (Å²) in [5.74, 6) is 1.85. The van der Waals surface area contributed by atoms with Crippen molar-refractivity contribution in [2.24, 2.45) is 0 Å². The molecule has 4 nitrogen and oxygen atoms in total. The summed E-state index contributed by atoms with van der Waals surface area (Å²) >= 11 is 0. The molecule has 1 aliphatic carbocycles. The molecule has 1 aromatic carbocycles. The first-order valence-electron chi connectivity index (χ1n) is 7.38. The lowest BCUT2D eigenvalue weighted by Gasteiger charge is -2.07. The van der Waals surface area contributed by atoms with Gasteiger partial charge >= 0.3 is 0 Å². The second-order valence-corrected chi connectivity index (χ2v) is 5.62. The topological polar surface area (TPSA) is 59.2 Å². The van der Waals surface area contributed by atoms with Gasteiger partial charge in [0.25, 0.3) is 5.89 Å². The van der Waals surface area contributed by atoms with Gasteiger partial charge in [-0.1, -0.05) is 43.0 Å². The van der Waals surface area contributed by atoms with Crippen LogP contribution in [0.25, 0.3) is 11.5 Å². The number of phenolic OH excluding ortho intramolecular Hbond substituents is 1. The van der Waals surface area contributed by atoms with Crippen molar-refractivity contribution in [2.45, 2.75) is 51.4 Å². The van der Waals surface area contributed by atoms with Crippen LogP contribution in [0.3, 0.4) is 0 Å². The Morgan fingerprint density at radius 3 is 2.65 bits per heavy atom. The predicted molar refractivity (Wildman–Crippen MR) is 76.6 cm³/mol. The van der Waals surface area contributed by atoms with E-state index in [4.69, 9.17) is 4.52 Å². The highest BCUT2D eigenvalue weighted by Crippen LogP contribution is 2.34. The number of aromatic hydroxyl groups is 1. The Hall–Kier alpha value is -1.84. The van der Waals surface area contributed by atoms with Crippen LogP contribution in [-0.2, 0) is 0 Å². The van der Waals surface area contributed by atoms with Crippen molar-refractivity contribution in [1.29, 1.82) is 0 Å². The van der Waals surface area contributed by atoms with Gasteiger partial charge in [0.05, 0.1) is 5.56 Å². The fourth-order valence-electron chi connectivity index (χ4n) is 2.88. The van der Waals surface area contributed by atoms with Crippen molar-refractivity contribution in [1.82, 2.24) is 10.1 Å².